The minimum Gasteiger partial charge on any atom is -0.497 e. The lowest BCUT2D eigenvalue weighted by Gasteiger charge is -2.30. The maximum absolute atomic E-state index is 12.9. The van der Waals surface area contributed by atoms with Gasteiger partial charge in [0.1, 0.15) is 5.75 Å². The van der Waals surface area contributed by atoms with Gasteiger partial charge in [-0.2, -0.15) is 4.31 Å². The summed E-state index contributed by atoms with van der Waals surface area (Å²) < 4.78 is 37.4. The van der Waals surface area contributed by atoms with Crippen LogP contribution in [0.2, 0.25) is 0 Å². The number of nitrogens with zero attached hydrogens (tertiary/aromatic N) is 1. The monoisotopic (exact) mass is 482 g/mol. The number of nitrogens with one attached hydrogen (secondary N) is 1. The average molecular weight is 483 g/mol. The number of piperidine rings is 1. The number of amides is 1. The van der Waals surface area contributed by atoms with Crippen molar-refractivity contribution < 1.29 is 27.5 Å². The minimum atomic E-state index is -3.65. The van der Waals surface area contributed by atoms with E-state index >= 15 is 0 Å². The highest BCUT2D eigenvalue weighted by atomic mass is 32.2. The molecule has 0 radical (unpaired) electrons. The summed E-state index contributed by atoms with van der Waals surface area (Å²) in [5.41, 5.74) is 0.649. The van der Waals surface area contributed by atoms with Crippen LogP contribution in [0, 0.1) is 5.92 Å². The topological polar surface area (TPSA) is 102 Å². The van der Waals surface area contributed by atoms with Crippen LogP contribution >= 0.6 is 0 Å². The third-order valence-corrected chi connectivity index (χ3v) is 7.81. The lowest BCUT2D eigenvalue weighted by molar-refractivity contribution is -0.152. The average Bonchev–Trinajstić information content (AvgIpc) is 2.87. The molecule has 0 bridgehead atoms. The van der Waals surface area contributed by atoms with E-state index in [0.717, 1.165) is 10.8 Å². The normalized spacial score (nSPS) is 15.1. The molecule has 1 saturated heterocycles. The molecular weight excluding hydrogens is 456 g/mol. The molecule has 0 unspecified atom stereocenters. The second-order valence-electron chi connectivity index (χ2n) is 8.04. The van der Waals surface area contributed by atoms with E-state index in [1.54, 1.807) is 18.2 Å². The fourth-order valence-corrected chi connectivity index (χ4v) is 5.47. The predicted octanol–water partition coefficient (Wildman–Crippen LogP) is 3.43. The Morgan fingerprint density at radius 1 is 0.971 bits per heavy atom. The molecule has 1 N–H and O–H groups in total. The maximum atomic E-state index is 12.9. The van der Waals surface area contributed by atoms with E-state index in [1.807, 2.05) is 36.4 Å². The summed E-state index contributed by atoms with van der Waals surface area (Å²) in [6, 6.07) is 19.5. The van der Waals surface area contributed by atoms with Gasteiger partial charge in [-0.05, 0) is 48.6 Å². The van der Waals surface area contributed by atoms with E-state index in [9.17, 15) is 18.0 Å². The van der Waals surface area contributed by atoms with Gasteiger partial charge in [0.2, 0.25) is 10.0 Å². The van der Waals surface area contributed by atoms with Crippen molar-refractivity contribution in [2.75, 3.05) is 32.1 Å². The maximum Gasteiger partial charge on any atom is 0.309 e. The molecule has 1 aliphatic rings. The number of benzene rings is 3. The van der Waals surface area contributed by atoms with Crippen molar-refractivity contribution >= 4 is 38.4 Å². The molecule has 34 heavy (non-hydrogen) atoms. The van der Waals surface area contributed by atoms with Crippen LogP contribution in [0.5, 0.6) is 5.75 Å². The van der Waals surface area contributed by atoms with Crippen molar-refractivity contribution in [1.82, 2.24) is 4.31 Å². The van der Waals surface area contributed by atoms with Crippen LogP contribution in [0.1, 0.15) is 12.8 Å². The number of anilines is 1. The zero-order valence-electron chi connectivity index (χ0n) is 18.8. The summed E-state index contributed by atoms with van der Waals surface area (Å²) in [7, 11) is -2.14. The van der Waals surface area contributed by atoms with Crippen molar-refractivity contribution in [2.45, 2.75) is 17.7 Å². The minimum absolute atomic E-state index is 0.180. The number of methoxy groups -OCH3 is 1. The number of sulfonamides is 1. The van der Waals surface area contributed by atoms with Crippen molar-refractivity contribution in [3.05, 3.63) is 66.7 Å². The molecule has 0 aromatic heterocycles. The molecule has 1 fully saturated rings. The van der Waals surface area contributed by atoms with Crippen LogP contribution < -0.4 is 10.1 Å². The first-order valence-electron chi connectivity index (χ1n) is 11.0. The first-order valence-corrected chi connectivity index (χ1v) is 12.4. The summed E-state index contributed by atoms with van der Waals surface area (Å²) in [6.07, 6.45) is 0.665. The van der Waals surface area contributed by atoms with Gasteiger partial charge in [-0.15, -0.1) is 0 Å². The van der Waals surface area contributed by atoms with Gasteiger partial charge in [0.05, 0.1) is 17.9 Å². The van der Waals surface area contributed by atoms with Crippen molar-refractivity contribution in [3.63, 3.8) is 0 Å². The number of hydrogen-bond acceptors (Lipinski definition) is 6. The van der Waals surface area contributed by atoms with Crippen LogP contribution in [0.25, 0.3) is 10.8 Å². The lowest BCUT2D eigenvalue weighted by Crippen LogP contribution is -2.40. The molecule has 0 spiro atoms. The second-order valence-corrected chi connectivity index (χ2v) is 9.97. The molecule has 1 aliphatic heterocycles. The standard InChI is InChI=1S/C25H26N2O6S/c1-32-20-9-11-21(12-10-20)34(30,31)27-15-13-19(14-16-27)25(29)33-17-24(28)26-23-8-4-6-18-5-2-3-7-22(18)23/h2-12,19H,13-17H2,1H3,(H,26,28). The van der Waals surface area contributed by atoms with E-state index in [2.05, 4.69) is 5.32 Å². The number of fused-ring (bicyclic) bond motifs is 1. The first kappa shape index (κ1) is 23.7. The van der Waals surface area contributed by atoms with Gasteiger partial charge in [0, 0.05) is 24.2 Å². The van der Waals surface area contributed by atoms with E-state index < -0.39 is 34.4 Å². The zero-order valence-corrected chi connectivity index (χ0v) is 19.6. The third kappa shape index (κ3) is 5.21. The van der Waals surface area contributed by atoms with Gasteiger partial charge in [-0.3, -0.25) is 9.59 Å². The van der Waals surface area contributed by atoms with Gasteiger partial charge in [0.15, 0.2) is 6.61 Å². The molecule has 4 rings (SSSR count). The highest BCUT2D eigenvalue weighted by molar-refractivity contribution is 7.89. The van der Waals surface area contributed by atoms with Crippen LogP contribution in [0.15, 0.2) is 71.6 Å². The van der Waals surface area contributed by atoms with Crippen LogP contribution in [0.3, 0.4) is 0 Å². The summed E-state index contributed by atoms with van der Waals surface area (Å²) in [5.74, 6) is -0.795. The smallest absolute Gasteiger partial charge is 0.309 e. The molecule has 178 valence electrons. The lowest BCUT2D eigenvalue weighted by atomic mass is 9.98. The van der Waals surface area contributed by atoms with E-state index in [-0.39, 0.29) is 18.0 Å². The highest BCUT2D eigenvalue weighted by Gasteiger charge is 2.33. The Hall–Kier alpha value is -3.43. The van der Waals surface area contributed by atoms with Gasteiger partial charge in [-0.1, -0.05) is 36.4 Å². The van der Waals surface area contributed by atoms with Crippen LogP contribution in [-0.4, -0.2) is 51.4 Å². The number of carbonyl (C=O) groups excluding carboxylic acids is 2. The Bertz CT molecular complexity index is 1280. The predicted molar refractivity (Wildman–Crippen MR) is 128 cm³/mol. The molecule has 9 heteroatoms. The molecule has 8 nitrogen and oxygen atoms in total. The van der Waals surface area contributed by atoms with Crippen LogP contribution in [-0.2, 0) is 24.3 Å². The Labute approximate surface area is 198 Å². The zero-order chi connectivity index (χ0) is 24.1. The van der Waals surface area contributed by atoms with E-state index in [4.69, 9.17) is 9.47 Å². The first-order chi connectivity index (χ1) is 16.4. The van der Waals surface area contributed by atoms with Crippen molar-refractivity contribution in [1.29, 1.82) is 0 Å². The number of hydrogen-bond donors (Lipinski definition) is 1. The second kappa shape index (κ2) is 10.2. The van der Waals surface area contributed by atoms with Gasteiger partial charge < -0.3 is 14.8 Å². The number of rotatable bonds is 7. The molecule has 1 amide bonds. The molecule has 1 heterocycles. The van der Waals surface area contributed by atoms with Crippen molar-refractivity contribution in [3.8, 4) is 5.75 Å². The molecule has 0 saturated carbocycles. The largest absolute Gasteiger partial charge is 0.497 e. The molecule has 3 aromatic rings. The molecular formula is C25H26N2O6S. The van der Waals surface area contributed by atoms with E-state index in [1.165, 1.54) is 23.5 Å². The Morgan fingerprint density at radius 2 is 1.65 bits per heavy atom. The van der Waals surface area contributed by atoms with Gasteiger partial charge in [0.25, 0.3) is 5.91 Å². The fourth-order valence-electron chi connectivity index (χ4n) is 4.00. The number of ether oxygens (including phenoxy) is 2. The summed E-state index contributed by atoms with van der Waals surface area (Å²) in [4.78, 5) is 25.0. The Balaban J connectivity index is 1.28. The molecule has 3 aromatic carbocycles. The van der Waals surface area contributed by atoms with Crippen LogP contribution in [0.4, 0.5) is 5.69 Å². The summed E-state index contributed by atoms with van der Waals surface area (Å²) >= 11 is 0. The van der Waals surface area contributed by atoms with E-state index in [0.29, 0.717) is 24.3 Å². The Kier molecular flexibility index (Phi) is 7.14. The number of esters is 1. The third-order valence-electron chi connectivity index (χ3n) is 5.89. The quantitative estimate of drug-likeness (QED) is 0.518. The summed E-state index contributed by atoms with van der Waals surface area (Å²) in [6.45, 7) is 0.0130. The number of carbonyl (C=O) groups is 2. The Morgan fingerprint density at radius 3 is 2.35 bits per heavy atom. The summed E-state index contributed by atoms with van der Waals surface area (Å²) in [5, 5.41) is 4.68. The SMILES string of the molecule is COc1ccc(S(=O)(=O)N2CCC(C(=O)OCC(=O)Nc3cccc4ccccc34)CC2)cc1. The molecule has 0 aliphatic carbocycles. The van der Waals surface area contributed by atoms with Gasteiger partial charge >= 0.3 is 5.97 Å². The van der Waals surface area contributed by atoms with Gasteiger partial charge in [-0.25, -0.2) is 8.42 Å². The fraction of sp³-hybridized carbons (Fsp3) is 0.280. The van der Waals surface area contributed by atoms with Crippen molar-refractivity contribution in [2.24, 2.45) is 5.92 Å². The highest BCUT2D eigenvalue weighted by Crippen LogP contribution is 2.26. The molecule has 0 atom stereocenters.